The van der Waals surface area contributed by atoms with Crippen molar-refractivity contribution in [3.8, 4) is 0 Å². The molecular weight excluding hydrogens is 503 g/mol. The first-order chi connectivity index (χ1) is 18.1. The summed E-state index contributed by atoms with van der Waals surface area (Å²) in [4.78, 5) is 11.4. The largest absolute Gasteiger partial charge is 0.351 e. The van der Waals surface area contributed by atoms with Gasteiger partial charge in [0, 0.05) is 18.0 Å². The summed E-state index contributed by atoms with van der Waals surface area (Å²) >= 11 is 2.19. The van der Waals surface area contributed by atoms with Crippen LogP contribution >= 0.6 is 21.2 Å². The predicted octanol–water partition coefficient (Wildman–Crippen LogP) is 11.1. The van der Waals surface area contributed by atoms with Gasteiger partial charge in [-0.25, -0.2) is 0 Å². The van der Waals surface area contributed by atoms with E-state index < -0.39 is 0 Å². The Morgan fingerprint density at radius 1 is 0.711 bits per heavy atom. The molecule has 5 heteroatoms. The minimum Gasteiger partial charge on any atom is -0.351 e. The number of nitrogens with one attached hydrogen (secondary N) is 2. The Labute approximate surface area is 248 Å². The molecule has 2 atom stereocenters. The molecule has 2 N–H and O–H groups in total. The molecule has 0 bridgehead atoms. The molecule has 2 unspecified atom stereocenters. The number of hydrogen-bond donors (Lipinski definition) is 2. The van der Waals surface area contributed by atoms with E-state index in [9.17, 15) is 4.79 Å². The average Bonchev–Trinajstić information content (AvgIpc) is 2.88. The van der Waals surface area contributed by atoms with E-state index in [0.717, 1.165) is 6.42 Å². The number of unbranched alkanes of at least 4 members (excludes halogenated alkanes) is 13. The Balaban J connectivity index is -0.000000618. The molecule has 0 aromatic rings. The molecule has 232 valence electrons. The van der Waals surface area contributed by atoms with Crippen molar-refractivity contribution in [2.24, 2.45) is 5.41 Å². The molecule has 0 saturated carbocycles. The average molecular weight is 577 g/mol. The van der Waals surface area contributed by atoms with Crippen LogP contribution in [0.2, 0.25) is 0 Å². The molecule has 38 heavy (non-hydrogen) atoms. The fourth-order valence-corrected chi connectivity index (χ4v) is 6.10. The van der Waals surface area contributed by atoms with Gasteiger partial charge in [0.15, 0.2) is 0 Å². The van der Waals surface area contributed by atoms with Crippen molar-refractivity contribution in [3.63, 3.8) is 0 Å². The van der Waals surface area contributed by atoms with Crippen LogP contribution in [0.3, 0.4) is 0 Å². The van der Waals surface area contributed by atoms with Crippen LogP contribution in [0.25, 0.3) is 0 Å². The summed E-state index contributed by atoms with van der Waals surface area (Å²) in [5.74, 6) is 2.93. The van der Waals surface area contributed by atoms with Gasteiger partial charge in [0.1, 0.15) is 0 Å². The van der Waals surface area contributed by atoms with Crippen molar-refractivity contribution in [2.45, 2.75) is 190 Å². The van der Waals surface area contributed by atoms with Crippen LogP contribution in [0.15, 0.2) is 0 Å². The van der Waals surface area contributed by atoms with Gasteiger partial charge in [0.25, 0.3) is 0 Å². The highest BCUT2D eigenvalue weighted by atomic mass is 32.2. The summed E-state index contributed by atoms with van der Waals surface area (Å²) in [5, 5.41) is 6.27. The molecule has 0 aliphatic rings. The molecule has 0 heterocycles. The lowest BCUT2D eigenvalue weighted by Gasteiger charge is -2.39. The predicted molar refractivity (Wildman–Crippen MR) is 182 cm³/mol. The van der Waals surface area contributed by atoms with E-state index in [1.165, 1.54) is 108 Å². The maximum atomic E-state index is 11.4. The van der Waals surface area contributed by atoms with Crippen LogP contribution in [0, 0.1) is 5.41 Å². The highest BCUT2D eigenvalue weighted by Gasteiger charge is 2.33. The lowest BCUT2D eigenvalue weighted by Crippen LogP contribution is -2.49. The maximum Gasteiger partial charge on any atom is 0.220 e. The van der Waals surface area contributed by atoms with E-state index >= 15 is 0 Å². The summed E-state index contributed by atoms with van der Waals surface area (Å²) < 4.78 is 0. The number of carbonyl (C=O) groups excluding carboxylic acids is 1. The van der Waals surface area contributed by atoms with E-state index in [1.54, 1.807) is 0 Å². The van der Waals surface area contributed by atoms with Crippen molar-refractivity contribution in [2.75, 3.05) is 11.5 Å². The maximum absolute atomic E-state index is 11.4. The van der Waals surface area contributed by atoms with E-state index in [-0.39, 0.29) is 16.9 Å². The smallest absolute Gasteiger partial charge is 0.220 e. The first-order valence-corrected chi connectivity index (χ1v) is 18.1. The van der Waals surface area contributed by atoms with Gasteiger partial charge >= 0.3 is 0 Å². The van der Waals surface area contributed by atoms with E-state index in [4.69, 9.17) is 0 Å². The van der Waals surface area contributed by atoms with Crippen LogP contribution < -0.4 is 10.4 Å². The summed E-state index contributed by atoms with van der Waals surface area (Å²) in [6, 6.07) is 0.385. The molecule has 0 radical (unpaired) electrons. The first-order valence-electron chi connectivity index (χ1n) is 16.4. The van der Waals surface area contributed by atoms with Crippen molar-refractivity contribution in [1.82, 2.24) is 10.4 Å². The monoisotopic (exact) mass is 577 g/mol. The third-order valence-corrected chi connectivity index (χ3v) is 8.81. The summed E-state index contributed by atoms with van der Waals surface area (Å²) in [6.07, 6.45) is 23.2. The topological polar surface area (TPSA) is 41.1 Å². The van der Waals surface area contributed by atoms with E-state index in [0.29, 0.717) is 12.5 Å². The van der Waals surface area contributed by atoms with Gasteiger partial charge in [-0.2, -0.15) is 11.8 Å². The number of thioether (sulfide) groups is 1. The Morgan fingerprint density at radius 2 is 1.08 bits per heavy atom. The summed E-state index contributed by atoms with van der Waals surface area (Å²) in [7, 11) is 2.56. The van der Waals surface area contributed by atoms with Gasteiger partial charge < -0.3 is 5.32 Å². The minimum absolute atomic E-state index is 0.118. The van der Waals surface area contributed by atoms with Crippen molar-refractivity contribution >= 4 is 27.1 Å². The fourth-order valence-electron chi connectivity index (χ4n) is 4.63. The van der Waals surface area contributed by atoms with Gasteiger partial charge in [-0.1, -0.05) is 141 Å². The number of amides is 1. The third kappa shape index (κ3) is 30.7. The molecule has 1 amide bonds. The number of carbonyl (C=O) groups is 1. The van der Waals surface area contributed by atoms with Crippen LogP contribution in [-0.2, 0) is 4.79 Å². The second-order valence-electron chi connectivity index (χ2n) is 12.0. The van der Waals surface area contributed by atoms with Crippen LogP contribution in [0.4, 0.5) is 0 Å². The quantitative estimate of drug-likeness (QED) is 0.0938. The molecule has 0 rings (SSSR count). The Hall–Kier alpha value is 0.210. The Bertz CT molecular complexity index is 468. The van der Waals surface area contributed by atoms with Crippen molar-refractivity contribution in [3.05, 3.63) is 0 Å². The Morgan fingerprint density at radius 3 is 1.42 bits per heavy atom. The van der Waals surface area contributed by atoms with Gasteiger partial charge in [0.05, 0.1) is 0 Å². The molecule has 0 aromatic heterocycles. The zero-order chi connectivity index (χ0) is 29.7. The van der Waals surface area contributed by atoms with Gasteiger partial charge in [-0.15, -0.1) is 0 Å². The molecule has 0 spiro atoms. The molecule has 0 saturated heterocycles. The van der Waals surface area contributed by atoms with E-state index in [2.05, 4.69) is 80.0 Å². The first kappa shape index (κ1) is 42.7. The SMILES string of the molecule is CC.CCC(=O)NC(C)(C)CC(C)(C)C(C)NP.CCCCCCCCCCSCCCCCCCCC. The van der Waals surface area contributed by atoms with Crippen LogP contribution in [-0.4, -0.2) is 29.0 Å². The van der Waals surface area contributed by atoms with Crippen molar-refractivity contribution < 1.29 is 4.79 Å². The second-order valence-corrected chi connectivity index (χ2v) is 13.6. The molecule has 0 aromatic carbocycles. The van der Waals surface area contributed by atoms with Gasteiger partial charge in [0.2, 0.25) is 5.91 Å². The molecule has 0 aliphatic carbocycles. The van der Waals surface area contributed by atoms with Crippen LogP contribution in [0.5, 0.6) is 0 Å². The normalized spacial score (nSPS) is 12.2. The minimum atomic E-state index is -0.160. The third-order valence-electron chi connectivity index (χ3n) is 7.15. The molecule has 0 aliphatic heterocycles. The zero-order valence-corrected chi connectivity index (χ0v) is 29.9. The van der Waals surface area contributed by atoms with Crippen LogP contribution in [0.1, 0.15) is 178 Å². The summed E-state index contributed by atoms with van der Waals surface area (Å²) in [6.45, 7) is 21.2. The summed E-state index contributed by atoms with van der Waals surface area (Å²) in [5.41, 5.74) is -0.0291. The number of hydrogen-bond acceptors (Lipinski definition) is 3. The van der Waals surface area contributed by atoms with E-state index in [1.807, 2.05) is 20.8 Å². The Kier molecular flexibility index (Phi) is 33.9. The lowest BCUT2D eigenvalue weighted by atomic mass is 9.75. The lowest BCUT2D eigenvalue weighted by molar-refractivity contribution is -0.122. The highest BCUT2D eigenvalue weighted by Crippen LogP contribution is 2.31. The second kappa shape index (κ2) is 30.2. The zero-order valence-electron chi connectivity index (χ0n) is 27.9. The molecule has 3 nitrogen and oxygen atoms in total. The standard InChI is InChI=1S/C19H40S.C12H27N2OP.C2H6/c1-3-5-7-9-11-13-15-17-19-20-18-16-14-12-10-8-6-4-2;1-7-10(15)13-12(5,6)8-11(3,4)9(2)14-16;1-2/h3-19H2,1-2H3;9,14H,7-8,16H2,1-6H3,(H,13,15);1-2H3. The van der Waals surface area contributed by atoms with Crippen molar-refractivity contribution in [1.29, 1.82) is 0 Å². The molecular formula is C33H73N2OPS. The molecule has 0 fully saturated rings. The fraction of sp³-hybridized carbons (Fsp3) is 0.970. The van der Waals surface area contributed by atoms with Gasteiger partial charge in [-0.3, -0.25) is 9.88 Å². The number of rotatable bonds is 23. The highest BCUT2D eigenvalue weighted by molar-refractivity contribution is 7.99. The van der Waals surface area contributed by atoms with Gasteiger partial charge in [-0.05, 0) is 57.0 Å².